The summed E-state index contributed by atoms with van der Waals surface area (Å²) in [7, 11) is -5.57. The second kappa shape index (κ2) is 8.06. The maximum atomic E-state index is 12.7. The lowest BCUT2D eigenvalue weighted by Gasteiger charge is -2.56. The molecule has 0 aliphatic heterocycles. The summed E-state index contributed by atoms with van der Waals surface area (Å²) in [4.78, 5) is 0. The van der Waals surface area contributed by atoms with Gasteiger partial charge in [0.05, 0.1) is 0 Å². The SMILES string of the molecule is C=C(C)C1CCC2CCC3C4CCC5CC(OS(=O)(=O)C(F)(F)F)=CCC5C4CCC3C21. The highest BCUT2D eigenvalue weighted by Gasteiger charge is 2.55. The average molecular weight is 473 g/mol. The van der Waals surface area contributed by atoms with E-state index >= 15 is 0 Å². The molecule has 9 unspecified atom stereocenters. The molecule has 0 heterocycles. The molecule has 3 nitrogen and oxygen atoms in total. The van der Waals surface area contributed by atoms with Gasteiger partial charge in [-0.05, 0) is 124 Å². The molecule has 5 rings (SSSR count). The van der Waals surface area contributed by atoms with E-state index in [9.17, 15) is 21.6 Å². The number of alkyl halides is 3. The molecule has 0 spiro atoms. The van der Waals surface area contributed by atoms with E-state index < -0.39 is 15.6 Å². The van der Waals surface area contributed by atoms with Crippen LogP contribution in [0.3, 0.4) is 0 Å². The summed E-state index contributed by atoms with van der Waals surface area (Å²) in [6, 6.07) is 0. The van der Waals surface area contributed by atoms with Crippen molar-refractivity contribution in [3.05, 3.63) is 24.0 Å². The normalized spacial score (nSPS) is 43.9. The fourth-order valence-electron chi connectivity index (χ4n) is 8.84. The van der Waals surface area contributed by atoms with Crippen molar-refractivity contribution in [3.8, 4) is 0 Å². The van der Waals surface area contributed by atoms with Crippen LogP contribution in [-0.4, -0.2) is 13.9 Å². The summed E-state index contributed by atoms with van der Waals surface area (Å²) in [6.07, 6.45) is 12.5. The highest BCUT2D eigenvalue weighted by Crippen LogP contribution is 2.62. The third-order valence-electron chi connectivity index (χ3n) is 9.95. The number of hydrogen-bond donors (Lipinski definition) is 0. The minimum atomic E-state index is -5.57. The minimum Gasteiger partial charge on any atom is -0.381 e. The average Bonchev–Trinajstić information content (AvgIpc) is 3.16. The van der Waals surface area contributed by atoms with E-state index in [1.54, 1.807) is 6.08 Å². The Morgan fingerprint density at radius 1 is 0.906 bits per heavy atom. The van der Waals surface area contributed by atoms with Gasteiger partial charge in [-0.3, -0.25) is 0 Å². The molecular weight excluding hydrogens is 437 g/mol. The number of halogens is 3. The Kier molecular flexibility index (Phi) is 5.74. The lowest BCUT2D eigenvalue weighted by atomic mass is 9.49. The van der Waals surface area contributed by atoms with Gasteiger partial charge < -0.3 is 4.18 Å². The second-order valence-electron chi connectivity index (χ2n) is 11.3. The monoisotopic (exact) mass is 472 g/mol. The van der Waals surface area contributed by atoms with Crippen molar-refractivity contribution in [2.45, 2.75) is 76.6 Å². The Morgan fingerprint density at radius 2 is 1.47 bits per heavy atom. The van der Waals surface area contributed by atoms with E-state index in [4.69, 9.17) is 0 Å². The number of fused-ring (bicyclic) bond motifs is 7. The molecule has 0 aromatic carbocycles. The second-order valence-corrected chi connectivity index (χ2v) is 12.8. The van der Waals surface area contributed by atoms with E-state index in [0.717, 1.165) is 42.4 Å². The van der Waals surface area contributed by atoms with Gasteiger partial charge in [-0.2, -0.15) is 21.6 Å². The quantitative estimate of drug-likeness (QED) is 0.257. The summed E-state index contributed by atoms with van der Waals surface area (Å²) in [6.45, 7) is 6.53. The third-order valence-corrected chi connectivity index (χ3v) is 10.9. The van der Waals surface area contributed by atoms with Crippen LogP contribution in [-0.2, 0) is 14.3 Å². The predicted octanol–water partition coefficient (Wildman–Crippen LogP) is 6.83. The van der Waals surface area contributed by atoms with E-state index in [1.165, 1.54) is 44.1 Å². The highest BCUT2D eigenvalue weighted by molar-refractivity contribution is 7.87. The van der Waals surface area contributed by atoms with Crippen LogP contribution in [0, 0.1) is 53.3 Å². The fraction of sp³-hybridized carbons (Fsp3) is 0.840. The summed E-state index contributed by atoms with van der Waals surface area (Å²) in [5.41, 5.74) is -4.01. The first kappa shape index (κ1) is 22.8. The van der Waals surface area contributed by atoms with Crippen molar-refractivity contribution in [2.75, 3.05) is 0 Å². The molecule has 4 fully saturated rings. The molecule has 0 radical (unpaired) electrons. The van der Waals surface area contributed by atoms with E-state index in [1.807, 2.05) is 0 Å². The van der Waals surface area contributed by atoms with Crippen molar-refractivity contribution >= 4 is 10.1 Å². The number of rotatable bonds is 3. The van der Waals surface area contributed by atoms with Gasteiger partial charge >= 0.3 is 15.6 Å². The summed E-state index contributed by atoms with van der Waals surface area (Å²) >= 11 is 0. The van der Waals surface area contributed by atoms with Gasteiger partial charge in [0.1, 0.15) is 5.76 Å². The van der Waals surface area contributed by atoms with Crippen LogP contribution in [0.2, 0.25) is 0 Å². The molecule has 0 amide bonds. The molecule has 5 aliphatic carbocycles. The van der Waals surface area contributed by atoms with E-state index in [0.29, 0.717) is 30.6 Å². The highest BCUT2D eigenvalue weighted by atomic mass is 32.2. The van der Waals surface area contributed by atoms with Gasteiger partial charge in [-0.25, -0.2) is 0 Å². The first-order valence-electron chi connectivity index (χ1n) is 12.4. The van der Waals surface area contributed by atoms with Crippen LogP contribution >= 0.6 is 0 Å². The zero-order valence-electron chi connectivity index (χ0n) is 18.8. The molecule has 4 saturated carbocycles. The lowest BCUT2D eigenvalue weighted by Crippen LogP contribution is -2.49. The van der Waals surface area contributed by atoms with Crippen LogP contribution in [0.1, 0.15) is 71.1 Å². The minimum absolute atomic E-state index is 0.00789. The molecule has 32 heavy (non-hydrogen) atoms. The molecule has 0 aromatic heterocycles. The molecule has 0 saturated heterocycles. The topological polar surface area (TPSA) is 43.4 Å². The Labute approximate surface area is 190 Å². The van der Waals surface area contributed by atoms with Gasteiger partial charge in [0.25, 0.3) is 0 Å². The fourth-order valence-corrected chi connectivity index (χ4v) is 9.36. The van der Waals surface area contributed by atoms with Gasteiger partial charge in [0.15, 0.2) is 0 Å². The van der Waals surface area contributed by atoms with Crippen LogP contribution < -0.4 is 0 Å². The molecule has 9 atom stereocenters. The standard InChI is InChI=1S/C25H35F3O3S/c1-14(2)18-7-3-15-4-8-22-21-9-5-16-13-17(31-32(29,30)25(26,27)28)6-10-19(16)20(21)11-12-23(22)24(15)18/h6,15-16,18-24H,1,3-5,7-13H2,2H3. The van der Waals surface area contributed by atoms with Crippen LogP contribution in [0.4, 0.5) is 13.2 Å². The molecule has 0 bridgehead atoms. The molecule has 0 aromatic rings. The molecule has 180 valence electrons. The maximum Gasteiger partial charge on any atom is 0.534 e. The Hall–Kier alpha value is -0.980. The first-order chi connectivity index (χ1) is 15.1. The summed E-state index contributed by atoms with van der Waals surface area (Å²) in [5, 5.41) is 0. The first-order valence-corrected chi connectivity index (χ1v) is 13.8. The van der Waals surface area contributed by atoms with Crippen molar-refractivity contribution in [3.63, 3.8) is 0 Å². The van der Waals surface area contributed by atoms with Crippen molar-refractivity contribution in [1.82, 2.24) is 0 Å². The molecule has 7 heteroatoms. The largest absolute Gasteiger partial charge is 0.534 e. The lowest BCUT2D eigenvalue weighted by molar-refractivity contribution is -0.0660. The number of allylic oxidation sites excluding steroid dienone is 3. The van der Waals surface area contributed by atoms with Crippen molar-refractivity contribution in [2.24, 2.45) is 53.3 Å². The molecule has 0 N–H and O–H groups in total. The Balaban J connectivity index is 1.30. The molecular formula is C25H35F3O3S. The van der Waals surface area contributed by atoms with Crippen molar-refractivity contribution in [1.29, 1.82) is 0 Å². The summed E-state index contributed by atoms with van der Waals surface area (Å²) in [5.74, 6) is 5.98. The third kappa shape index (κ3) is 3.74. The van der Waals surface area contributed by atoms with E-state index in [-0.39, 0.29) is 11.7 Å². The Morgan fingerprint density at radius 3 is 2.16 bits per heavy atom. The van der Waals surface area contributed by atoms with Gasteiger partial charge in [0.2, 0.25) is 0 Å². The van der Waals surface area contributed by atoms with Crippen LogP contribution in [0.5, 0.6) is 0 Å². The molecule has 5 aliphatic rings. The summed E-state index contributed by atoms with van der Waals surface area (Å²) < 4.78 is 65.5. The van der Waals surface area contributed by atoms with Crippen molar-refractivity contribution < 1.29 is 25.8 Å². The van der Waals surface area contributed by atoms with Crippen LogP contribution in [0.25, 0.3) is 0 Å². The Bertz CT molecular complexity index is 893. The van der Waals surface area contributed by atoms with Crippen LogP contribution in [0.15, 0.2) is 24.0 Å². The van der Waals surface area contributed by atoms with Gasteiger partial charge in [-0.15, -0.1) is 0 Å². The smallest absolute Gasteiger partial charge is 0.381 e. The van der Waals surface area contributed by atoms with E-state index in [2.05, 4.69) is 17.7 Å². The number of hydrogen-bond acceptors (Lipinski definition) is 3. The van der Waals surface area contributed by atoms with Gasteiger partial charge in [0, 0.05) is 6.42 Å². The van der Waals surface area contributed by atoms with Gasteiger partial charge in [-0.1, -0.05) is 12.2 Å². The zero-order chi connectivity index (χ0) is 22.8. The maximum absolute atomic E-state index is 12.7. The predicted molar refractivity (Wildman–Crippen MR) is 117 cm³/mol. The zero-order valence-corrected chi connectivity index (χ0v) is 19.6.